The van der Waals surface area contributed by atoms with Crippen LogP contribution in [0.2, 0.25) is 0 Å². The van der Waals surface area contributed by atoms with Crippen molar-refractivity contribution in [1.29, 1.82) is 0 Å². The van der Waals surface area contributed by atoms with Gasteiger partial charge in [0, 0.05) is 11.3 Å². The Morgan fingerprint density at radius 1 is 0.969 bits per heavy atom. The van der Waals surface area contributed by atoms with Gasteiger partial charge in [-0.05, 0) is 66.9 Å². The first kappa shape index (κ1) is 23.3. The van der Waals surface area contributed by atoms with Crippen LogP contribution in [0.3, 0.4) is 0 Å². The number of hydrogen-bond acceptors (Lipinski definition) is 3. The minimum Gasteiger partial charge on any atom is -0.322 e. The van der Waals surface area contributed by atoms with E-state index >= 15 is 0 Å². The molecule has 0 aliphatic heterocycles. The second-order valence-corrected chi connectivity index (χ2v) is 9.12. The van der Waals surface area contributed by atoms with Crippen molar-refractivity contribution in [2.45, 2.75) is 20.0 Å². The Kier molecular flexibility index (Phi) is 6.59. The third kappa shape index (κ3) is 5.47. The summed E-state index contributed by atoms with van der Waals surface area (Å²) < 4.78 is 64.5. The zero-order valence-corrected chi connectivity index (χ0v) is 18.1. The molecule has 168 valence electrons. The third-order valence-electron chi connectivity index (χ3n) is 4.82. The molecule has 5 nitrogen and oxygen atoms in total. The average Bonchev–Trinajstić information content (AvgIpc) is 2.75. The van der Waals surface area contributed by atoms with Crippen molar-refractivity contribution in [2.75, 3.05) is 15.8 Å². The van der Waals surface area contributed by atoms with E-state index in [1.807, 2.05) is 0 Å². The molecule has 0 aliphatic carbocycles. The van der Waals surface area contributed by atoms with Gasteiger partial charge in [-0.1, -0.05) is 30.3 Å². The molecule has 0 radical (unpaired) electrons. The maximum atomic E-state index is 12.9. The topological polar surface area (TPSA) is 75.3 Å². The van der Waals surface area contributed by atoms with Crippen molar-refractivity contribution in [3.05, 3.63) is 83.4 Å². The second kappa shape index (κ2) is 9.04. The van der Waals surface area contributed by atoms with Crippen molar-refractivity contribution >= 4 is 27.3 Å². The number of benzene rings is 3. The number of anilines is 2. The normalized spacial score (nSPS) is 11.8. The molecule has 3 rings (SSSR count). The number of aryl methyl sites for hydroxylation is 1. The highest BCUT2D eigenvalue weighted by molar-refractivity contribution is 7.92. The molecule has 9 heteroatoms. The van der Waals surface area contributed by atoms with Crippen LogP contribution in [0.1, 0.15) is 28.4 Å². The van der Waals surface area contributed by atoms with E-state index in [1.54, 1.807) is 49.4 Å². The highest BCUT2D eigenvalue weighted by Gasteiger charge is 2.30. The first-order valence-electron chi connectivity index (χ1n) is 9.69. The van der Waals surface area contributed by atoms with Crippen molar-refractivity contribution in [3.8, 4) is 11.1 Å². The molecular formula is C23H21F3N2O3S. The molecule has 0 heterocycles. The summed E-state index contributed by atoms with van der Waals surface area (Å²) in [5.41, 5.74) is 1.98. The van der Waals surface area contributed by atoms with Crippen LogP contribution in [-0.4, -0.2) is 20.1 Å². The Morgan fingerprint density at radius 3 is 2.22 bits per heavy atom. The predicted molar refractivity (Wildman–Crippen MR) is 119 cm³/mol. The molecule has 2 N–H and O–H groups in total. The molecule has 0 saturated heterocycles. The SMILES string of the molecule is CCS(=O)(=O)Nc1ccc(NC(=O)c2ccccc2-c2ccc(C(F)(F)F)cc2)cc1C. The van der Waals surface area contributed by atoms with Gasteiger partial charge in [0.25, 0.3) is 5.91 Å². The average molecular weight is 462 g/mol. The van der Waals surface area contributed by atoms with Gasteiger partial charge in [-0.25, -0.2) is 8.42 Å². The van der Waals surface area contributed by atoms with E-state index in [9.17, 15) is 26.4 Å². The van der Waals surface area contributed by atoms with Crippen molar-refractivity contribution in [3.63, 3.8) is 0 Å². The van der Waals surface area contributed by atoms with E-state index < -0.39 is 27.7 Å². The smallest absolute Gasteiger partial charge is 0.322 e. The Morgan fingerprint density at radius 2 is 1.62 bits per heavy atom. The van der Waals surface area contributed by atoms with E-state index in [1.165, 1.54) is 19.1 Å². The predicted octanol–water partition coefficient (Wildman–Crippen LogP) is 5.69. The number of alkyl halides is 3. The summed E-state index contributed by atoms with van der Waals surface area (Å²) in [6.45, 7) is 3.24. The number of carbonyl (C=O) groups is 1. The van der Waals surface area contributed by atoms with E-state index in [-0.39, 0.29) is 5.75 Å². The molecular weight excluding hydrogens is 441 g/mol. The fourth-order valence-corrected chi connectivity index (χ4v) is 3.77. The summed E-state index contributed by atoms with van der Waals surface area (Å²) in [6.07, 6.45) is -4.44. The van der Waals surface area contributed by atoms with Gasteiger partial charge in [-0.15, -0.1) is 0 Å². The number of halogens is 3. The highest BCUT2D eigenvalue weighted by atomic mass is 32.2. The highest BCUT2D eigenvalue weighted by Crippen LogP contribution is 2.32. The fourth-order valence-electron chi connectivity index (χ4n) is 3.07. The van der Waals surface area contributed by atoms with Crippen molar-refractivity contribution in [1.82, 2.24) is 0 Å². The minimum atomic E-state index is -4.44. The van der Waals surface area contributed by atoms with Crippen molar-refractivity contribution < 1.29 is 26.4 Å². The van der Waals surface area contributed by atoms with Crippen LogP contribution in [0.5, 0.6) is 0 Å². The summed E-state index contributed by atoms with van der Waals surface area (Å²) in [5.74, 6) is -0.507. The van der Waals surface area contributed by atoms with E-state index in [0.29, 0.717) is 33.6 Å². The second-order valence-electron chi connectivity index (χ2n) is 7.11. The van der Waals surface area contributed by atoms with Gasteiger partial charge in [0.1, 0.15) is 0 Å². The van der Waals surface area contributed by atoms with Crippen LogP contribution in [-0.2, 0) is 16.2 Å². The molecule has 0 saturated carbocycles. The van der Waals surface area contributed by atoms with Gasteiger partial charge >= 0.3 is 6.18 Å². The Bertz CT molecular complexity index is 1240. The fraction of sp³-hybridized carbons (Fsp3) is 0.174. The van der Waals surface area contributed by atoms with Crippen LogP contribution >= 0.6 is 0 Å². The van der Waals surface area contributed by atoms with Crippen molar-refractivity contribution in [2.24, 2.45) is 0 Å². The lowest BCUT2D eigenvalue weighted by Gasteiger charge is -2.14. The molecule has 0 unspecified atom stereocenters. The largest absolute Gasteiger partial charge is 0.416 e. The van der Waals surface area contributed by atoms with Gasteiger partial charge in [-0.2, -0.15) is 13.2 Å². The third-order valence-corrected chi connectivity index (χ3v) is 6.12. The van der Waals surface area contributed by atoms with E-state index in [2.05, 4.69) is 10.0 Å². The van der Waals surface area contributed by atoms with Gasteiger partial charge in [0.2, 0.25) is 10.0 Å². The Labute approximate surface area is 184 Å². The monoisotopic (exact) mass is 462 g/mol. The summed E-state index contributed by atoms with van der Waals surface area (Å²) in [5, 5.41) is 2.75. The lowest BCUT2D eigenvalue weighted by atomic mass is 9.98. The lowest BCUT2D eigenvalue weighted by Crippen LogP contribution is -2.16. The molecule has 1 amide bonds. The molecule has 3 aromatic rings. The van der Waals surface area contributed by atoms with E-state index in [4.69, 9.17) is 0 Å². The zero-order valence-electron chi connectivity index (χ0n) is 17.3. The van der Waals surface area contributed by atoms with Gasteiger partial charge < -0.3 is 5.32 Å². The number of rotatable bonds is 6. The molecule has 0 aliphatic rings. The molecule has 0 bridgehead atoms. The maximum Gasteiger partial charge on any atom is 0.416 e. The molecule has 0 fully saturated rings. The Hall–Kier alpha value is -3.33. The zero-order chi connectivity index (χ0) is 23.5. The molecule has 0 aromatic heterocycles. The van der Waals surface area contributed by atoms with E-state index in [0.717, 1.165) is 12.1 Å². The minimum absolute atomic E-state index is 0.0638. The number of nitrogens with one attached hydrogen (secondary N) is 2. The lowest BCUT2D eigenvalue weighted by molar-refractivity contribution is -0.137. The van der Waals surface area contributed by atoms with Crippen LogP contribution in [0.4, 0.5) is 24.5 Å². The molecule has 3 aromatic carbocycles. The Balaban J connectivity index is 1.85. The molecule has 32 heavy (non-hydrogen) atoms. The van der Waals surface area contributed by atoms with Crippen LogP contribution in [0.25, 0.3) is 11.1 Å². The number of hydrogen-bond donors (Lipinski definition) is 2. The summed E-state index contributed by atoms with van der Waals surface area (Å²) in [7, 11) is -3.43. The summed E-state index contributed by atoms with van der Waals surface area (Å²) in [4.78, 5) is 12.9. The quantitative estimate of drug-likeness (QED) is 0.494. The van der Waals surface area contributed by atoms with Crippen LogP contribution in [0.15, 0.2) is 66.7 Å². The number of amides is 1. The molecule has 0 spiro atoms. The summed E-state index contributed by atoms with van der Waals surface area (Å²) >= 11 is 0. The standard InChI is InChI=1S/C23H21F3N2O3S/c1-3-32(30,31)28-21-13-12-18(14-15(21)2)27-22(29)20-7-5-4-6-19(20)16-8-10-17(11-9-16)23(24,25)26/h4-14,28H,3H2,1-2H3,(H,27,29). The number of sulfonamides is 1. The van der Waals surface area contributed by atoms with Crippen LogP contribution < -0.4 is 10.0 Å². The first-order valence-corrected chi connectivity index (χ1v) is 11.3. The van der Waals surface area contributed by atoms with Crippen LogP contribution in [0, 0.1) is 6.92 Å². The number of carbonyl (C=O) groups excluding carboxylic acids is 1. The van der Waals surface area contributed by atoms with Gasteiger partial charge in [0.15, 0.2) is 0 Å². The maximum absolute atomic E-state index is 12.9. The summed E-state index contributed by atoms with van der Waals surface area (Å²) in [6, 6.07) is 16.0. The molecule has 0 atom stereocenters. The van der Waals surface area contributed by atoms with Gasteiger partial charge in [0.05, 0.1) is 17.0 Å². The van der Waals surface area contributed by atoms with Gasteiger partial charge in [-0.3, -0.25) is 9.52 Å². The first-order chi connectivity index (χ1) is 15.0.